The fourth-order valence-corrected chi connectivity index (χ4v) is 5.36. The maximum atomic E-state index is 12.6. The minimum atomic E-state index is -0.496. The Morgan fingerprint density at radius 2 is 1.78 bits per heavy atom. The molecule has 190 valence electrons. The van der Waals surface area contributed by atoms with E-state index in [1.54, 1.807) is 10.8 Å². The van der Waals surface area contributed by atoms with Crippen LogP contribution in [0, 0.1) is 0 Å². The Morgan fingerprint density at radius 3 is 2.50 bits per heavy atom. The van der Waals surface area contributed by atoms with Crippen LogP contribution in [-0.4, -0.2) is 37.3 Å². The number of fused-ring (bicyclic) bond motifs is 1. The van der Waals surface area contributed by atoms with Crippen molar-refractivity contribution in [3.8, 4) is 0 Å². The van der Waals surface area contributed by atoms with Crippen LogP contribution in [0.5, 0.6) is 0 Å². The molecule has 2 saturated carbocycles. The molecule has 9 heteroatoms. The van der Waals surface area contributed by atoms with Gasteiger partial charge in [0.15, 0.2) is 5.65 Å². The third-order valence-electron chi connectivity index (χ3n) is 7.01. The van der Waals surface area contributed by atoms with Gasteiger partial charge in [-0.15, -0.1) is 0 Å². The molecule has 1 aromatic carbocycles. The van der Waals surface area contributed by atoms with E-state index in [1.165, 1.54) is 11.8 Å². The van der Waals surface area contributed by atoms with Crippen LogP contribution < -0.4 is 16.2 Å². The number of amides is 1. The van der Waals surface area contributed by atoms with E-state index in [9.17, 15) is 9.59 Å². The number of carbonyl (C=O) groups excluding carboxylic acids is 1. The van der Waals surface area contributed by atoms with Crippen molar-refractivity contribution in [1.82, 2.24) is 24.8 Å². The van der Waals surface area contributed by atoms with E-state index in [0.29, 0.717) is 23.0 Å². The van der Waals surface area contributed by atoms with Crippen LogP contribution in [0.2, 0.25) is 0 Å². The van der Waals surface area contributed by atoms with Gasteiger partial charge in [-0.1, -0.05) is 25.0 Å². The van der Waals surface area contributed by atoms with Crippen molar-refractivity contribution in [2.75, 3.05) is 5.32 Å². The zero-order valence-electron chi connectivity index (χ0n) is 21.2. The first-order chi connectivity index (χ1) is 17.2. The van der Waals surface area contributed by atoms with Crippen molar-refractivity contribution in [2.45, 2.75) is 89.3 Å². The van der Waals surface area contributed by atoms with E-state index in [2.05, 4.69) is 37.7 Å². The molecular weight excluding hydrogens is 456 g/mol. The highest BCUT2D eigenvalue weighted by Gasteiger charge is 2.28. The molecule has 2 aromatic heterocycles. The zero-order chi connectivity index (χ0) is 25.3. The summed E-state index contributed by atoms with van der Waals surface area (Å²) < 4.78 is 7.17. The standard InChI is InChI=1S/C27H34N6O3/c1-27(2,3)36-26(35)31-20-13-10-18(14-20)17-8-11-19(12-9-17)30-25-29-15-22-24(32-25)33(23(34)16-28-22)21-6-4-5-7-21/h8-9,11-12,15-16,18,20-21H,4-7,10,13-14H2,1-3H3,(H,31,35)(H,29,30,32). The molecule has 1 amide bonds. The number of ether oxygens (including phenoxy) is 1. The highest BCUT2D eigenvalue weighted by molar-refractivity contribution is 5.71. The van der Waals surface area contributed by atoms with Gasteiger partial charge in [0.05, 0.1) is 12.4 Å². The lowest BCUT2D eigenvalue weighted by Crippen LogP contribution is -2.37. The molecule has 0 spiro atoms. The highest BCUT2D eigenvalue weighted by Crippen LogP contribution is 2.35. The number of nitrogens with one attached hydrogen (secondary N) is 2. The lowest BCUT2D eigenvalue weighted by atomic mass is 9.97. The first kappa shape index (κ1) is 24.2. The highest BCUT2D eigenvalue weighted by atomic mass is 16.6. The summed E-state index contributed by atoms with van der Waals surface area (Å²) in [5.74, 6) is 0.833. The summed E-state index contributed by atoms with van der Waals surface area (Å²) in [6, 6.07) is 8.56. The van der Waals surface area contributed by atoms with Crippen LogP contribution in [0.3, 0.4) is 0 Å². The van der Waals surface area contributed by atoms with Gasteiger partial charge in [0.2, 0.25) is 5.95 Å². The fourth-order valence-electron chi connectivity index (χ4n) is 5.36. The van der Waals surface area contributed by atoms with E-state index >= 15 is 0 Å². The third-order valence-corrected chi connectivity index (χ3v) is 7.01. The lowest BCUT2D eigenvalue weighted by Gasteiger charge is -2.21. The molecule has 0 radical (unpaired) electrons. The van der Waals surface area contributed by atoms with Crippen LogP contribution >= 0.6 is 0 Å². The number of nitrogens with zero attached hydrogens (tertiary/aromatic N) is 4. The normalized spacial score (nSPS) is 20.5. The van der Waals surface area contributed by atoms with Gasteiger partial charge in [0.25, 0.3) is 5.56 Å². The maximum absolute atomic E-state index is 12.6. The van der Waals surface area contributed by atoms with Crippen molar-refractivity contribution < 1.29 is 9.53 Å². The second kappa shape index (κ2) is 9.87. The van der Waals surface area contributed by atoms with Crippen LogP contribution in [0.1, 0.15) is 83.2 Å². The summed E-state index contributed by atoms with van der Waals surface area (Å²) in [5, 5.41) is 6.27. The minimum Gasteiger partial charge on any atom is -0.444 e. The molecular formula is C27H34N6O3. The zero-order valence-corrected chi connectivity index (χ0v) is 21.2. The second-order valence-corrected chi connectivity index (χ2v) is 10.9. The fraction of sp³-hybridized carbons (Fsp3) is 0.519. The first-order valence-corrected chi connectivity index (χ1v) is 12.9. The van der Waals surface area contributed by atoms with Crippen molar-refractivity contribution in [1.29, 1.82) is 0 Å². The predicted molar refractivity (Wildman–Crippen MR) is 139 cm³/mol. The smallest absolute Gasteiger partial charge is 0.407 e. The Balaban J connectivity index is 1.25. The molecule has 2 fully saturated rings. The molecule has 2 N–H and O–H groups in total. The lowest BCUT2D eigenvalue weighted by molar-refractivity contribution is 0.0505. The molecule has 3 aromatic rings. The Hall–Kier alpha value is -3.49. The second-order valence-electron chi connectivity index (χ2n) is 10.9. The van der Waals surface area contributed by atoms with Crippen LogP contribution in [0.15, 0.2) is 41.5 Å². The van der Waals surface area contributed by atoms with Crippen LogP contribution in [-0.2, 0) is 4.74 Å². The molecule has 2 atom stereocenters. The summed E-state index contributed by atoms with van der Waals surface area (Å²) >= 11 is 0. The van der Waals surface area contributed by atoms with Gasteiger partial charge in [-0.2, -0.15) is 4.98 Å². The Morgan fingerprint density at radius 1 is 1.03 bits per heavy atom. The molecule has 5 rings (SSSR count). The van der Waals surface area contributed by atoms with Crippen molar-refractivity contribution in [3.05, 3.63) is 52.6 Å². The van der Waals surface area contributed by atoms with Crippen LogP contribution in [0.4, 0.5) is 16.4 Å². The van der Waals surface area contributed by atoms with Crippen molar-refractivity contribution in [2.24, 2.45) is 0 Å². The SMILES string of the molecule is CC(C)(C)OC(=O)NC1CCC(c2ccc(Nc3ncc4ncc(=O)n(C5CCCC5)c4n3)cc2)C1. The molecule has 2 unspecified atom stereocenters. The van der Waals surface area contributed by atoms with E-state index in [0.717, 1.165) is 50.6 Å². The topological polar surface area (TPSA) is 111 Å². The molecule has 9 nitrogen and oxygen atoms in total. The number of aromatic nitrogens is 4. The van der Waals surface area contributed by atoms with Gasteiger partial charge >= 0.3 is 6.09 Å². The van der Waals surface area contributed by atoms with Gasteiger partial charge < -0.3 is 15.4 Å². The van der Waals surface area contributed by atoms with E-state index in [4.69, 9.17) is 4.74 Å². The minimum absolute atomic E-state index is 0.112. The van der Waals surface area contributed by atoms with Gasteiger partial charge in [0, 0.05) is 17.8 Å². The summed E-state index contributed by atoms with van der Waals surface area (Å²) in [6.45, 7) is 5.61. The maximum Gasteiger partial charge on any atom is 0.407 e. The number of hydrogen-bond acceptors (Lipinski definition) is 7. The number of alkyl carbamates (subject to hydrolysis) is 1. The summed E-state index contributed by atoms with van der Waals surface area (Å²) in [4.78, 5) is 38.0. The van der Waals surface area contributed by atoms with E-state index in [-0.39, 0.29) is 23.7 Å². The monoisotopic (exact) mass is 490 g/mol. The summed E-state index contributed by atoms with van der Waals surface area (Å²) in [6.07, 6.45) is 9.77. The molecule has 36 heavy (non-hydrogen) atoms. The largest absolute Gasteiger partial charge is 0.444 e. The van der Waals surface area contributed by atoms with E-state index in [1.807, 2.05) is 32.9 Å². The number of benzene rings is 1. The average Bonchev–Trinajstić information content (AvgIpc) is 3.51. The van der Waals surface area contributed by atoms with Gasteiger partial charge in [-0.3, -0.25) is 9.36 Å². The number of anilines is 2. The Bertz CT molecular complexity index is 1290. The number of hydrogen-bond donors (Lipinski definition) is 2. The molecule has 0 saturated heterocycles. The quantitative estimate of drug-likeness (QED) is 0.505. The molecule has 0 bridgehead atoms. The molecule has 2 heterocycles. The number of rotatable bonds is 5. The van der Waals surface area contributed by atoms with Crippen LogP contribution in [0.25, 0.3) is 11.2 Å². The Labute approximate surface area is 210 Å². The van der Waals surface area contributed by atoms with Gasteiger partial charge in [0.1, 0.15) is 11.1 Å². The van der Waals surface area contributed by atoms with Gasteiger partial charge in [-0.05, 0) is 76.5 Å². The third kappa shape index (κ3) is 5.50. The number of carbonyl (C=O) groups is 1. The van der Waals surface area contributed by atoms with Crippen molar-refractivity contribution in [3.63, 3.8) is 0 Å². The molecule has 2 aliphatic rings. The summed E-state index contributed by atoms with van der Waals surface area (Å²) in [5.41, 5.74) is 2.71. The molecule has 2 aliphatic carbocycles. The molecule has 0 aliphatic heterocycles. The van der Waals surface area contributed by atoms with Gasteiger partial charge in [-0.25, -0.2) is 14.8 Å². The summed E-state index contributed by atoms with van der Waals surface area (Å²) in [7, 11) is 0. The van der Waals surface area contributed by atoms with E-state index < -0.39 is 5.60 Å². The average molecular weight is 491 g/mol. The predicted octanol–water partition coefficient (Wildman–Crippen LogP) is 5.21. The van der Waals surface area contributed by atoms with Crippen molar-refractivity contribution >= 4 is 28.9 Å². The Kier molecular flexibility index (Phi) is 6.64. The first-order valence-electron chi connectivity index (χ1n) is 12.9.